The number of allylic oxidation sites excluding steroid dienone is 1. The van der Waals surface area contributed by atoms with E-state index < -0.39 is 17.5 Å². The first-order valence-corrected chi connectivity index (χ1v) is 6.91. The predicted octanol–water partition coefficient (Wildman–Crippen LogP) is -0.117. The van der Waals surface area contributed by atoms with E-state index >= 15 is 0 Å². The molecule has 118 valence electrons. The van der Waals surface area contributed by atoms with E-state index in [-0.39, 0.29) is 17.5 Å². The first-order valence-electron chi connectivity index (χ1n) is 6.91. The zero-order chi connectivity index (χ0) is 16.3. The second-order valence-corrected chi connectivity index (χ2v) is 5.47. The molecular formula is C16H19NO5. The highest BCUT2D eigenvalue weighted by Crippen LogP contribution is 2.41. The average molecular weight is 305 g/mol. The number of nitrogens with zero attached hydrogens (tertiary/aromatic N) is 1. The maximum Gasteiger partial charge on any atom is 0.384 e. The van der Waals surface area contributed by atoms with Crippen LogP contribution >= 0.6 is 0 Å². The zero-order valence-corrected chi connectivity index (χ0v) is 12.8. The molecule has 0 amide bonds. The van der Waals surface area contributed by atoms with E-state index in [1.54, 1.807) is 0 Å². The van der Waals surface area contributed by atoms with Crippen molar-refractivity contribution in [2.45, 2.75) is 18.1 Å². The molecule has 2 aliphatic heterocycles. The predicted molar refractivity (Wildman–Crippen MR) is 78.5 cm³/mol. The van der Waals surface area contributed by atoms with Crippen LogP contribution in [0.25, 0.3) is 0 Å². The minimum Gasteiger partial charge on any atom is -0.466 e. The van der Waals surface area contributed by atoms with Gasteiger partial charge >= 0.3 is 11.9 Å². The largest absolute Gasteiger partial charge is 0.466 e. The SMILES string of the molecule is COC(=O)C#C/C=C(\C(=O)OC)[C@@]1(O)C[C@@H]2C=C[C@H]1N(C)C2. The lowest BCUT2D eigenvalue weighted by molar-refractivity contribution is -0.141. The lowest BCUT2D eigenvalue weighted by Crippen LogP contribution is -2.61. The molecule has 0 radical (unpaired) electrons. The summed E-state index contributed by atoms with van der Waals surface area (Å²) in [6, 6.07) is -0.331. The smallest absolute Gasteiger partial charge is 0.384 e. The van der Waals surface area contributed by atoms with Crippen molar-refractivity contribution < 1.29 is 24.2 Å². The van der Waals surface area contributed by atoms with Crippen molar-refractivity contribution in [2.24, 2.45) is 5.92 Å². The van der Waals surface area contributed by atoms with Gasteiger partial charge in [-0.15, -0.1) is 0 Å². The standard InChI is InChI=1S/C16H19NO5/c1-17-10-11-7-8-13(17)16(20,9-11)12(15(19)22-3)5-4-6-14(18)21-2/h5,7-8,11,13,20H,9-10H2,1-3H3/b12-5+/t11-,13+,16-/m0/s1. The maximum atomic E-state index is 12.1. The molecule has 3 aliphatic rings. The molecule has 3 rings (SSSR count). The third-order valence-electron chi connectivity index (χ3n) is 4.07. The summed E-state index contributed by atoms with van der Waals surface area (Å²) in [7, 11) is 4.35. The van der Waals surface area contributed by atoms with Crippen LogP contribution in [0.4, 0.5) is 0 Å². The number of rotatable bonds is 2. The van der Waals surface area contributed by atoms with Crippen LogP contribution in [0.5, 0.6) is 0 Å². The van der Waals surface area contributed by atoms with E-state index in [1.807, 2.05) is 24.1 Å². The number of hydrogen-bond donors (Lipinski definition) is 1. The van der Waals surface area contributed by atoms with Crippen LogP contribution < -0.4 is 0 Å². The van der Waals surface area contributed by atoms with Crippen LogP contribution in [0.1, 0.15) is 6.42 Å². The third kappa shape index (κ3) is 2.91. The molecule has 6 heteroatoms. The molecule has 6 nitrogen and oxygen atoms in total. The third-order valence-corrected chi connectivity index (χ3v) is 4.07. The van der Waals surface area contributed by atoms with Crippen LogP contribution in [0, 0.1) is 17.8 Å². The van der Waals surface area contributed by atoms with E-state index in [2.05, 4.69) is 16.6 Å². The first-order chi connectivity index (χ1) is 10.4. The molecule has 0 aromatic heterocycles. The number of piperidine rings is 1. The fraction of sp³-hybridized carbons (Fsp3) is 0.500. The quantitative estimate of drug-likeness (QED) is 0.252. The molecule has 1 fully saturated rings. The molecule has 3 atom stereocenters. The Labute approximate surface area is 129 Å². The van der Waals surface area contributed by atoms with Crippen molar-refractivity contribution in [3.8, 4) is 11.8 Å². The number of carbonyl (C=O) groups is 2. The van der Waals surface area contributed by atoms with Crippen molar-refractivity contribution in [1.29, 1.82) is 0 Å². The molecule has 22 heavy (non-hydrogen) atoms. The van der Waals surface area contributed by atoms with Gasteiger partial charge in [-0.2, -0.15) is 0 Å². The Balaban J connectivity index is 2.39. The molecule has 0 unspecified atom stereocenters. The van der Waals surface area contributed by atoms with E-state index in [0.29, 0.717) is 6.42 Å². The number of methoxy groups -OCH3 is 2. The van der Waals surface area contributed by atoms with Gasteiger partial charge in [0.25, 0.3) is 0 Å². The van der Waals surface area contributed by atoms with Crippen LogP contribution in [-0.4, -0.2) is 61.4 Å². The summed E-state index contributed by atoms with van der Waals surface area (Å²) < 4.78 is 9.18. The van der Waals surface area contributed by atoms with E-state index in [4.69, 9.17) is 4.74 Å². The molecule has 0 aromatic carbocycles. The topological polar surface area (TPSA) is 76.1 Å². The highest BCUT2D eigenvalue weighted by atomic mass is 16.5. The van der Waals surface area contributed by atoms with Crippen molar-refractivity contribution in [3.63, 3.8) is 0 Å². The van der Waals surface area contributed by atoms with Crippen molar-refractivity contribution in [1.82, 2.24) is 4.90 Å². The van der Waals surface area contributed by atoms with Gasteiger partial charge < -0.3 is 14.6 Å². The van der Waals surface area contributed by atoms with Gasteiger partial charge in [-0.3, -0.25) is 4.90 Å². The van der Waals surface area contributed by atoms with Crippen LogP contribution in [0.15, 0.2) is 23.8 Å². The van der Waals surface area contributed by atoms with Crippen LogP contribution in [-0.2, 0) is 19.1 Å². The van der Waals surface area contributed by atoms with Gasteiger partial charge in [-0.05, 0) is 19.4 Å². The fourth-order valence-electron chi connectivity index (χ4n) is 3.09. The Hall–Kier alpha value is -2.10. The Morgan fingerprint density at radius 1 is 1.36 bits per heavy atom. The molecule has 1 saturated heterocycles. The number of aliphatic hydroxyl groups is 1. The highest BCUT2D eigenvalue weighted by molar-refractivity contribution is 5.93. The molecule has 0 saturated carbocycles. The minimum atomic E-state index is -1.38. The number of esters is 2. The lowest BCUT2D eigenvalue weighted by Gasteiger charge is -2.50. The summed E-state index contributed by atoms with van der Waals surface area (Å²) in [4.78, 5) is 25.1. The van der Waals surface area contributed by atoms with Gasteiger partial charge in [0.15, 0.2) is 0 Å². The molecule has 2 heterocycles. The number of fused-ring (bicyclic) bond motifs is 2. The van der Waals surface area contributed by atoms with Crippen molar-refractivity contribution >= 4 is 11.9 Å². The van der Waals surface area contributed by atoms with Gasteiger partial charge in [-0.1, -0.05) is 18.1 Å². The van der Waals surface area contributed by atoms with Crippen LogP contribution in [0.3, 0.4) is 0 Å². The summed E-state index contributed by atoms with van der Waals surface area (Å²) in [5, 5.41) is 11.1. The lowest BCUT2D eigenvalue weighted by atomic mass is 9.70. The van der Waals surface area contributed by atoms with E-state index in [9.17, 15) is 14.7 Å². The van der Waals surface area contributed by atoms with Gasteiger partial charge in [0.2, 0.25) is 0 Å². The number of ether oxygens (including phenoxy) is 2. The van der Waals surface area contributed by atoms with Gasteiger partial charge in [0, 0.05) is 18.5 Å². The Morgan fingerprint density at radius 2 is 2.09 bits per heavy atom. The summed E-state index contributed by atoms with van der Waals surface area (Å²) in [5.74, 6) is 3.46. The summed E-state index contributed by atoms with van der Waals surface area (Å²) in [5.41, 5.74) is -1.33. The number of likely N-dealkylation sites (N-methyl/N-ethyl adjacent to an activating group) is 1. The first kappa shape index (κ1) is 16.3. The fourth-order valence-corrected chi connectivity index (χ4v) is 3.09. The van der Waals surface area contributed by atoms with Gasteiger partial charge in [-0.25, -0.2) is 9.59 Å². The van der Waals surface area contributed by atoms with E-state index in [0.717, 1.165) is 6.54 Å². The summed E-state index contributed by atoms with van der Waals surface area (Å²) >= 11 is 0. The second kappa shape index (κ2) is 6.34. The molecule has 1 aliphatic carbocycles. The second-order valence-electron chi connectivity index (χ2n) is 5.47. The normalized spacial score (nSPS) is 30.5. The Kier molecular flexibility index (Phi) is 4.69. The monoisotopic (exact) mass is 305 g/mol. The molecule has 0 spiro atoms. The van der Waals surface area contributed by atoms with Gasteiger partial charge in [0.1, 0.15) is 5.60 Å². The molecule has 1 N–H and O–H groups in total. The zero-order valence-electron chi connectivity index (χ0n) is 12.8. The van der Waals surface area contributed by atoms with Crippen molar-refractivity contribution in [2.75, 3.05) is 27.8 Å². The Morgan fingerprint density at radius 3 is 2.64 bits per heavy atom. The van der Waals surface area contributed by atoms with Crippen LogP contribution in [0.2, 0.25) is 0 Å². The van der Waals surface area contributed by atoms with E-state index in [1.165, 1.54) is 20.3 Å². The van der Waals surface area contributed by atoms with Gasteiger partial charge in [0.05, 0.1) is 25.8 Å². The average Bonchev–Trinajstić information content (AvgIpc) is 2.50. The molecule has 0 aromatic rings. The highest BCUT2D eigenvalue weighted by Gasteiger charge is 2.51. The van der Waals surface area contributed by atoms with Crippen molar-refractivity contribution in [3.05, 3.63) is 23.8 Å². The Bertz CT molecular complexity index is 597. The summed E-state index contributed by atoms with van der Waals surface area (Å²) in [6.45, 7) is 0.825. The molecular weight excluding hydrogens is 286 g/mol. The number of carbonyl (C=O) groups excluding carboxylic acids is 2. The summed E-state index contributed by atoms with van der Waals surface area (Å²) in [6.07, 6.45) is 5.60. The minimum absolute atomic E-state index is 0.0531. The number of hydrogen-bond acceptors (Lipinski definition) is 6. The maximum absolute atomic E-state index is 12.1. The molecule has 2 bridgehead atoms.